The number of piperazine rings is 1. The highest BCUT2D eigenvalue weighted by Gasteiger charge is 2.25. The lowest BCUT2D eigenvalue weighted by Crippen LogP contribution is -2.57. The number of nitrogens with zero attached hydrogens (tertiary/aromatic N) is 2. The Labute approximate surface area is 117 Å². The average Bonchev–Trinajstić information content (AvgIpc) is 2.45. The van der Waals surface area contributed by atoms with E-state index in [1.165, 1.54) is 63.6 Å². The minimum atomic E-state index is 0.713. The van der Waals surface area contributed by atoms with Crippen molar-refractivity contribution in [1.29, 1.82) is 0 Å². The maximum atomic E-state index is 3.68. The molecule has 3 nitrogen and oxygen atoms in total. The summed E-state index contributed by atoms with van der Waals surface area (Å²) in [5.74, 6) is 2.66. The first-order valence-corrected chi connectivity index (χ1v) is 8.76. The Balaban J connectivity index is 1.76. The molecule has 2 rings (SSSR count). The Morgan fingerprint density at radius 2 is 1.89 bits per heavy atom. The van der Waals surface area contributed by atoms with Gasteiger partial charge in [-0.05, 0) is 12.8 Å². The number of hydrogen-bond acceptors (Lipinski definition) is 4. The van der Waals surface area contributed by atoms with Crippen LogP contribution < -0.4 is 5.32 Å². The number of nitrogens with one attached hydrogen (secondary N) is 1. The standard InChI is InChI=1S/C14H29N3S/c1-3-13-12-17(14(4-2)11-15-13)6-5-16-7-9-18-10-8-16/h13-15H,3-12H2,1-2H3. The lowest BCUT2D eigenvalue weighted by atomic mass is 10.1. The average molecular weight is 271 g/mol. The van der Waals surface area contributed by atoms with E-state index >= 15 is 0 Å². The van der Waals surface area contributed by atoms with Gasteiger partial charge in [0.15, 0.2) is 0 Å². The summed E-state index contributed by atoms with van der Waals surface area (Å²) in [7, 11) is 0. The van der Waals surface area contributed by atoms with Crippen molar-refractivity contribution in [1.82, 2.24) is 15.1 Å². The van der Waals surface area contributed by atoms with E-state index in [1.807, 2.05) is 0 Å². The van der Waals surface area contributed by atoms with Gasteiger partial charge in [-0.25, -0.2) is 0 Å². The zero-order chi connectivity index (χ0) is 12.8. The molecule has 2 aliphatic rings. The predicted octanol–water partition coefficient (Wildman–Crippen LogP) is 1.50. The molecule has 18 heavy (non-hydrogen) atoms. The van der Waals surface area contributed by atoms with Gasteiger partial charge in [0.1, 0.15) is 0 Å². The zero-order valence-corrected chi connectivity index (χ0v) is 12.8. The quantitative estimate of drug-likeness (QED) is 0.816. The van der Waals surface area contributed by atoms with E-state index in [1.54, 1.807) is 0 Å². The molecule has 0 aliphatic carbocycles. The second kappa shape index (κ2) is 7.73. The summed E-state index contributed by atoms with van der Waals surface area (Å²) in [5.41, 5.74) is 0. The van der Waals surface area contributed by atoms with Crippen LogP contribution in [0, 0.1) is 0 Å². The van der Waals surface area contributed by atoms with Crippen LogP contribution in [0.25, 0.3) is 0 Å². The third-order valence-electron chi connectivity index (χ3n) is 4.38. The van der Waals surface area contributed by atoms with Crippen LogP contribution in [0.5, 0.6) is 0 Å². The molecule has 0 aromatic carbocycles. The summed E-state index contributed by atoms with van der Waals surface area (Å²) in [6.07, 6.45) is 2.53. The Morgan fingerprint density at radius 3 is 2.56 bits per heavy atom. The van der Waals surface area contributed by atoms with Gasteiger partial charge in [-0.2, -0.15) is 11.8 Å². The van der Waals surface area contributed by atoms with E-state index in [0.29, 0.717) is 6.04 Å². The van der Waals surface area contributed by atoms with Gasteiger partial charge < -0.3 is 10.2 Å². The molecule has 2 heterocycles. The van der Waals surface area contributed by atoms with Crippen LogP contribution in [-0.2, 0) is 0 Å². The van der Waals surface area contributed by atoms with Crippen LogP contribution in [0.2, 0.25) is 0 Å². The van der Waals surface area contributed by atoms with Crippen LogP contribution in [0.4, 0.5) is 0 Å². The first kappa shape index (κ1) is 14.6. The smallest absolute Gasteiger partial charge is 0.0219 e. The lowest BCUT2D eigenvalue weighted by Gasteiger charge is -2.41. The van der Waals surface area contributed by atoms with Crippen molar-refractivity contribution in [2.24, 2.45) is 0 Å². The third-order valence-corrected chi connectivity index (χ3v) is 5.33. The summed E-state index contributed by atoms with van der Waals surface area (Å²) in [5, 5.41) is 3.68. The molecule has 0 aromatic rings. The summed E-state index contributed by atoms with van der Waals surface area (Å²) >= 11 is 2.10. The van der Waals surface area contributed by atoms with Crippen molar-refractivity contribution in [3.8, 4) is 0 Å². The van der Waals surface area contributed by atoms with E-state index in [2.05, 4.69) is 40.7 Å². The monoisotopic (exact) mass is 271 g/mol. The summed E-state index contributed by atoms with van der Waals surface area (Å²) < 4.78 is 0. The zero-order valence-electron chi connectivity index (χ0n) is 12.0. The molecule has 2 saturated heterocycles. The van der Waals surface area contributed by atoms with Crippen LogP contribution in [-0.4, -0.2) is 72.7 Å². The van der Waals surface area contributed by atoms with Crippen molar-refractivity contribution >= 4 is 11.8 Å². The fourth-order valence-electron chi connectivity index (χ4n) is 2.97. The van der Waals surface area contributed by atoms with Gasteiger partial charge in [0.2, 0.25) is 0 Å². The highest BCUT2D eigenvalue weighted by atomic mass is 32.2. The van der Waals surface area contributed by atoms with E-state index in [-0.39, 0.29) is 0 Å². The molecule has 2 aliphatic heterocycles. The predicted molar refractivity (Wildman–Crippen MR) is 81.5 cm³/mol. The van der Waals surface area contributed by atoms with Gasteiger partial charge >= 0.3 is 0 Å². The number of thioether (sulfide) groups is 1. The highest BCUT2D eigenvalue weighted by Crippen LogP contribution is 2.13. The SMILES string of the molecule is CCC1CN(CCN2CCSCC2)C(CC)CN1. The van der Waals surface area contributed by atoms with Gasteiger partial charge in [0, 0.05) is 62.9 Å². The van der Waals surface area contributed by atoms with Gasteiger partial charge in [-0.3, -0.25) is 4.90 Å². The molecule has 0 saturated carbocycles. The van der Waals surface area contributed by atoms with E-state index < -0.39 is 0 Å². The molecular formula is C14H29N3S. The van der Waals surface area contributed by atoms with E-state index in [0.717, 1.165) is 6.04 Å². The molecule has 0 spiro atoms. The van der Waals surface area contributed by atoms with Crippen molar-refractivity contribution in [3.63, 3.8) is 0 Å². The Bertz CT molecular complexity index is 231. The van der Waals surface area contributed by atoms with Crippen LogP contribution >= 0.6 is 11.8 Å². The highest BCUT2D eigenvalue weighted by molar-refractivity contribution is 7.99. The molecule has 2 fully saturated rings. The molecule has 0 aromatic heterocycles. The summed E-state index contributed by atoms with van der Waals surface area (Å²) in [6, 6.07) is 1.47. The first-order valence-electron chi connectivity index (χ1n) is 7.61. The number of rotatable bonds is 5. The summed E-state index contributed by atoms with van der Waals surface area (Å²) in [4.78, 5) is 5.37. The maximum absolute atomic E-state index is 3.68. The molecule has 2 unspecified atom stereocenters. The van der Waals surface area contributed by atoms with Gasteiger partial charge in [-0.15, -0.1) is 0 Å². The normalized spacial score (nSPS) is 31.7. The van der Waals surface area contributed by atoms with E-state index in [9.17, 15) is 0 Å². The first-order chi connectivity index (χ1) is 8.83. The minimum absolute atomic E-state index is 0.713. The van der Waals surface area contributed by atoms with Gasteiger partial charge in [0.25, 0.3) is 0 Å². The molecule has 106 valence electrons. The largest absolute Gasteiger partial charge is 0.311 e. The molecule has 2 atom stereocenters. The second-order valence-electron chi connectivity index (χ2n) is 5.52. The second-order valence-corrected chi connectivity index (χ2v) is 6.75. The molecule has 0 radical (unpaired) electrons. The van der Waals surface area contributed by atoms with Crippen molar-refractivity contribution in [2.45, 2.75) is 38.8 Å². The third kappa shape index (κ3) is 4.12. The Kier molecular flexibility index (Phi) is 6.29. The molecule has 0 bridgehead atoms. The van der Waals surface area contributed by atoms with Crippen LogP contribution in [0.1, 0.15) is 26.7 Å². The Hall–Kier alpha value is 0.230. The van der Waals surface area contributed by atoms with Gasteiger partial charge in [0.05, 0.1) is 0 Å². The molecule has 0 amide bonds. The topological polar surface area (TPSA) is 18.5 Å². The van der Waals surface area contributed by atoms with Crippen molar-refractivity contribution < 1.29 is 0 Å². The fourth-order valence-corrected chi connectivity index (χ4v) is 3.95. The molecule has 4 heteroatoms. The number of hydrogen-bond donors (Lipinski definition) is 1. The van der Waals surface area contributed by atoms with Crippen molar-refractivity contribution in [2.75, 3.05) is 50.8 Å². The maximum Gasteiger partial charge on any atom is 0.0219 e. The van der Waals surface area contributed by atoms with E-state index in [4.69, 9.17) is 0 Å². The summed E-state index contributed by atoms with van der Waals surface area (Å²) in [6.45, 7) is 12.2. The lowest BCUT2D eigenvalue weighted by molar-refractivity contribution is 0.109. The van der Waals surface area contributed by atoms with Crippen LogP contribution in [0.15, 0.2) is 0 Å². The minimum Gasteiger partial charge on any atom is -0.311 e. The Morgan fingerprint density at radius 1 is 1.11 bits per heavy atom. The molecule has 1 N–H and O–H groups in total. The van der Waals surface area contributed by atoms with Gasteiger partial charge in [-0.1, -0.05) is 13.8 Å². The van der Waals surface area contributed by atoms with Crippen molar-refractivity contribution in [3.05, 3.63) is 0 Å². The van der Waals surface area contributed by atoms with Crippen LogP contribution in [0.3, 0.4) is 0 Å². The molecular weight excluding hydrogens is 242 g/mol. The fraction of sp³-hybridized carbons (Fsp3) is 1.00.